The zero-order valence-corrected chi connectivity index (χ0v) is 12.8. The summed E-state index contributed by atoms with van der Waals surface area (Å²) in [4.78, 5) is 17.4. The van der Waals surface area contributed by atoms with E-state index in [4.69, 9.17) is 4.74 Å². The molecule has 3 heterocycles. The van der Waals surface area contributed by atoms with Gasteiger partial charge in [0.1, 0.15) is 17.9 Å². The smallest absolute Gasteiger partial charge is 0.433 e. The maximum absolute atomic E-state index is 13.0. The van der Waals surface area contributed by atoms with Gasteiger partial charge >= 0.3 is 12.3 Å². The van der Waals surface area contributed by atoms with Gasteiger partial charge in [-0.15, -0.1) is 0 Å². The zero-order chi connectivity index (χ0) is 17.6. The van der Waals surface area contributed by atoms with Gasteiger partial charge < -0.3 is 4.74 Å². The van der Waals surface area contributed by atoms with Crippen molar-refractivity contribution in [1.82, 2.24) is 9.38 Å². The van der Waals surface area contributed by atoms with Crippen molar-refractivity contribution in [2.45, 2.75) is 12.2 Å². The summed E-state index contributed by atoms with van der Waals surface area (Å²) >= 11 is 0. The van der Waals surface area contributed by atoms with E-state index in [9.17, 15) is 18.0 Å². The van der Waals surface area contributed by atoms with Gasteiger partial charge in [0, 0.05) is 12.3 Å². The minimum Gasteiger partial charge on any atom is -0.447 e. The Kier molecular flexibility index (Phi) is 3.41. The van der Waals surface area contributed by atoms with E-state index in [2.05, 4.69) is 4.98 Å². The molecule has 1 amide bonds. The summed E-state index contributed by atoms with van der Waals surface area (Å²) in [5, 5.41) is 0. The van der Waals surface area contributed by atoms with Gasteiger partial charge in [-0.05, 0) is 11.6 Å². The molecule has 2 aromatic heterocycles. The van der Waals surface area contributed by atoms with Crippen molar-refractivity contribution >= 4 is 17.4 Å². The second-order valence-corrected chi connectivity index (χ2v) is 5.63. The van der Waals surface area contributed by atoms with Crippen LogP contribution in [0.5, 0.6) is 0 Å². The van der Waals surface area contributed by atoms with Crippen LogP contribution in [0.2, 0.25) is 0 Å². The number of amides is 1. The molecule has 128 valence electrons. The Morgan fingerprint density at radius 3 is 2.64 bits per heavy atom. The van der Waals surface area contributed by atoms with E-state index in [1.165, 1.54) is 23.2 Å². The highest BCUT2D eigenvalue weighted by Crippen LogP contribution is 2.35. The van der Waals surface area contributed by atoms with Gasteiger partial charge in [-0.25, -0.2) is 9.78 Å². The molecule has 1 atom stereocenters. The predicted octanol–water partition coefficient (Wildman–Crippen LogP) is 4.05. The van der Waals surface area contributed by atoms with Gasteiger partial charge in [0.25, 0.3) is 0 Å². The standard InChI is InChI=1S/C17H12F3N3O2/c18-17(19,20)14-9-21-15-8-12(6-7-22(14)15)23-13(10-25-16(23)24)11-4-2-1-3-5-11/h1-9,13H,10H2/t13-/m1/s1. The SMILES string of the molecule is O=C1OC[C@H](c2ccccc2)N1c1ccn2c(C(F)(F)F)cnc2c1. The average molecular weight is 347 g/mol. The van der Waals surface area contributed by atoms with E-state index in [1.54, 1.807) is 0 Å². The van der Waals surface area contributed by atoms with E-state index >= 15 is 0 Å². The number of imidazole rings is 1. The van der Waals surface area contributed by atoms with Crippen molar-refractivity contribution in [2.75, 3.05) is 11.5 Å². The van der Waals surface area contributed by atoms with Crippen LogP contribution in [0.1, 0.15) is 17.3 Å². The minimum absolute atomic E-state index is 0.108. The van der Waals surface area contributed by atoms with E-state index in [-0.39, 0.29) is 18.3 Å². The molecule has 0 radical (unpaired) electrons. The summed E-state index contributed by atoms with van der Waals surface area (Å²) in [6, 6.07) is 11.9. The first-order valence-corrected chi connectivity index (χ1v) is 7.50. The van der Waals surface area contributed by atoms with Crippen molar-refractivity contribution in [3.8, 4) is 0 Å². The van der Waals surface area contributed by atoms with E-state index < -0.39 is 18.0 Å². The molecule has 0 N–H and O–H groups in total. The molecule has 1 saturated heterocycles. The molecular formula is C17H12F3N3O2. The largest absolute Gasteiger partial charge is 0.447 e. The number of aromatic nitrogens is 2. The topological polar surface area (TPSA) is 46.8 Å². The molecule has 0 unspecified atom stereocenters. The number of fused-ring (bicyclic) bond motifs is 1. The van der Waals surface area contributed by atoms with Gasteiger partial charge in [0.2, 0.25) is 0 Å². The lowest BCUT2D eigenvalue weighted by Gasteiger charge is -2.22. The molecule has 0 bridgehead atoms. The first-order valence-electron chi connectivity index (χ1n) is 7.50. The molecule has 5 nitrogen and oxygen atoms in total. The van der Waals surface area contributed by atoms with Crippen LogP contribution >= 0.6 is 0 Å². The van der Waals surface area contributed by atoms with Gasteiger partial charge in [-0.1, -0.05) is 30.3 Å². The highest BCUT2D eigenvalue weighted by atomic mass is 19.4. The highest BCUT2D eigenvalue weighted by molar-refractivity contribution is 5.91. The van der Waals surface area contributed by atoms with Gasteiger partial charge in [-0.3, -0.25) is 9.30 Å². The summed E-state index contributed by atoms with van der Waals surface area (Å²) in [6.07, 6.45) is -3.01. The van der Waals surface area contributed by atoms with E-state index in [0.29, 0.717) is 5.69 Å². The van der Waals surface area contributed by atoms with Crippen LogP contribution in [0.25, 0.3) is 5.65 Å². The lowest BCUT2D eigenvalue weighted by molar-refractivity contribution is -0.141. The number of pyridine rings is 1. The Labute approximate surface area is 140 Å². The Balaban J connectivity index is 1.76. The lowest BCUT2D eigenvalue weighted by atomic mass is 10.1. The first kappa shape index (κ1) is 15.5. The lowest BCUT2D eigenvalue weighted by Crippen LogP contribution is -2.27. The monoisotopic (exact) mass is 347 g/mol. The number of benzene rings is 1. The van der Waals surface area contributed by atoms with Crippen molar-refractivity contribution in [2.24, 2.45) is 0 Å². The van der Waals surface area contributed by atoms with Crippen molar-refractivity contribution in [3.05, 3.63) is 66.1 Å². The van der Waals surface area contributed by atoms with Gasteiger partial charge in [0.15, 0.2) is 0 Å². The molecule has 0 aliphatic carbocycles. The van der Waals surface area contributed by atoms with Crippen LogP contribution in [-0.2, 0) is 10.9 Å². The van der Waals surface area contributed by atoms with Crippen LogP contribution in [0.15, 0.2) is 54.9 Å². The van der Waals surface area contributed by atoms with Gasteiger partial charge in [-0.2, -0.15) is 13.2 Å². The average Bonchev–Trinajstić information content (AvgIpc) is 3.18. The maximum atomic E-state index is 13.0. The fourth-order valence-electron chi connectivity index (χ4n) is 2.96. The summed E-state index contributed by atoms with van der Waals surface area (Å²) in [7, 11) is 0. The number of cyclic esters (lactones) is 1. The highest BCUT2D eigenvalue weighted by Gasteiger charge is 2.37. The Hall–Kier alpha value is -3.03. The molecule has 3 aromatic rings. The normalized spacial score (nSPS) is 18.0. The number of ether oxygens (including phenoxy) is 1. The fourth-order valence-corrected chi connectivity index (χ4v) is 2.96. The second-order valence-electron chi connectivity index (χ2n) is 5.63. The summed E-state index contributed by atoms with van der Waals surface area (Å²) in [6.45, 7) is 0.177. The number of anilines is 1. The zero-order valence-electron chi connectivity index (χ0n) is 12.8. The Bertz CT molecular complexity index is 937. The second kappa shape index (κ2) is 5.51. The molecule has 1 fully saturated rings. The minimum atomic E-state index is -4.50. The Morgan fingerprint density at radius 1 is 1.16 bits per heavy atom. The third kappa shape index (κ3) is 2.59. The van der Waals surface area contributed by atoms with Crippen LogP contribution in [0.3, 0.4) is 0 Å². The molecule has 1 aromatic carbocycles. The molecule has 25 heavy (non-hydrogen) atoms. The molecular weight excluding hydrogens is 335 g/mol. The number of alkyl halides is 3. The van der Waals surface area contributed by atoms with Crippen LogP contribution in [0.4, 0.5) is 23.7 Å². The molecule has 0 saturated carbocycles. The van der Waals surface area contributed by atoms with Crippen molar-refractivity contribution in [1.29, 1.82) is 0 Å². The maximum Gasteiger partial charge on any atom is 0.433 e. The third-order valence-corrected chi connectivity index (χ3v) is 4.12. The number of rotatable bonds is 2. The van der Waals surface area contributed by atoms with Crippen molar-refractivity contribution < 1.29 is 22.7 Å². The summed E-state index contributed by atoms with van der Waals surface area (Å²) in [5.74, 6) is 0. The fraction of sp³-hybridized carbons (Fsp3) is 0.176. The number of carbonyl (C=O) groups is 1. The van der Waals surface area contributed by atoms with Crippen LogP contribution in [-0.4, -0.2) is 22.1 Å². The summed E-state index contributed by atoms with van der Waals surface area (Å²) in [5.41, 5.74) is 0.560. The molecule has 1 aliphatic heterocycles. The van der Waals surface area contributed by atoms with Crippen LogP contribution in [0, 0.1) is 0 Å². The van der Waals surface area contributed by atoms with Gasteiger partial charge in [0.05, 0.1) is 17.9 Å². The molecule has 1 aliphatic rings. The Morgan fingerprint density at radius 2 is 1.92 bits per heavy atom. The third-order valence-electron chi connectivity index (χ3n) is 4.12. The summed E-state index contributed by atoms with van der Waals surface area (Å²) < 4.78 is 44.9. The van der Waals surface area contributed by atoms with E-state index in [0.717, 1.165) is 16.2 Å². The molecule has 0 spiro atoms. The predicted molar refractivity (Wildman–Crippen MR) is 83.2 cm³/mol. The van der Waals surface area contributed by atoms with E-state index in [1.807, 2.05) is 30.3 Å². The number of nitrogens with zero attached hydrogens (tertiary/aromatic N) is 3. The number of hydrogen-bond donors (Lipinski definition) is 0. The number of carbonyl (C=O) groups excluding carboxylic acids is 1. The first-order chi connectivity index (χ1) is 11.9. The molecule has 8 heteroatoms. The van der Waals surface area contributed by atoms with Crippen molar-refractivity contribution in [3.63, 3.8) is 0 Å². The number of halogens is 3. The quantitative estimate of drug-likeness (QED) is 0.703. The number of hydrogen-bond acceptors (Lipinski definition) is 3. The van der Waals surface area contributed by atoms with Crippen LogP contribution < -0.4 is 4.90 Å². The molecule has 4 rings (SSSR count).